The Morgan fingerprint density at radius 2 is 1.11 bits per heavy atom. The topological polar surface area (TPSA) is 3.24 Å². The predicted molar refractivity (Wildman–Crippen MR) is 231 cm³/mol. The molecular formula is C52H47N. The SMILES string of the molecule is C=C/C=C\C1=C(C)C(C)(C)c2cc(N(c3ccc(-c4ccc(C)c(-c5ccccc5C)c4)cc3)c3ccc4c(c3)c(C)c(C)c3ccccc34)ccc21. The van der Waals surface area contributed by atoms with Crippen molar-refractivity contribution in [2.24, 2.45) is 0 Å². The summed E-state index contributed by atoms with van der Waals surface area (Å²) in [7, 11) is 0. The van der Waals surface area contributed by atoms with Gasteiger partial charge in [-0.3, -0.25) is 0 Å². The van der Waals surface area contributed by atoms with E-state index >= 15 is 0 Å². The van der Waals surface area contributed by atoms with Crippen molar-refractivity contribution in [2.45, 2.75) is 53.9 Å². The fourth-order valence-electron chi connectivity index (χ4n) is 8.43. The molecule has 1 aliphatic carbocycles. The Morgan fingerprint density at radius 1 is 0.509 bits per heavy atom. The Balaban J connectivity index is 1.28. The van der Waals surface area contributed by atoms with Gasteiger partial charge in [-0.25, -0.2) is 0 Å². The summed E-state index contributed by atoms with van der Waals surface area (Å²) in [4.78, 5) is 2.43. The fourth-order valence-corrected chi connectivity index (χ4v) is 8.43. The number of hydrogen-bond acceptors (Lipinski definition) is 1. The second-order valence-electron chi connectivity index (χ2n) is 15.2. The van der Waals surface area contributed by atoms with Gasteiger partial charge in [0.1, 0.15) is 0 Å². The minimum Gasteiger partial charge on any atom is -0.310 e. The summed E-state index contributed by atoms with van der Waals surface area (Å²) in [6.45, 7) is 19.8. The highest BCUT2D eigenvalue weighted by Gasteiger charge is 2.35. The summed E-state index contributed by atoms with van der Waals surface area (Å²) in [6, 6.07) is 47.5. The van der Waals surface area contributed by atoms with E-state index in [2.05, 4.69) is 193 Å². The third-order valence-electron chi connectivity index (χ3n) is 11.9. The molecule has 0 fully saturated rings. The van der Waals surface area contributed by atoms with E-state index in [-0.39, 0.29) is 5.41 Å². The molecule has 0 aliphatic heterocycles. The molecule has 0 N–H and O–H groups in total. The molecule has 0 unspecified atom stereocenters. The van der Waals surface area contributed by atoms with Gasteiger partial charge in [0.05, 0.1) is 0 Å². The maximum absolute atomic E-state index is 3.93. The maximum Gasteiger partial charge on any atom is 0.0468 e. The molecule has 260 valence electrons. The molecule has 0 heterocycles. The largest absolute Gasteiger partial charge is 0.310 e. The molecule has 0 atom stereocenters. The molecular weight excluding hydrogens is 639 g/mol. The summed E-state index contributed by atoms with van der Waals surface area (Å²) in [6.07, 6.45) is 6.12. The van der Waals surface area contributed by atoms with Crippen LogP contribution in [0.4, 0.5) is 17.1 Å². The van der Waals surface area contributed by atoms with Gasteiger partial charge in [0.25, 0.3) is 0 Å². The van der Waals surface area contributed by atoms with Gasteiger partial charge in [-0.1, -0.05) is 129 Å². The number of hydrogen-bond donors (Lipinski definition) is 0. The Labute approximate surface area is 315 Å². The second kappa shape index (κ2) is 13.2. The van der Waals surface area contributed by atoms with Crippen LogP contribution >= 0.6 is 0 Å². The lowest BCUT2D eigenvalue weighted by Crippen LogP contribution is -2.17. The first kappa shape index (κ1) is 34.2. The summed E-state index contributed by atoms with van der Waals surface area (Å²) < 4.78 is 0. The predicted octanol–water partition coefficient (Wildman–Crippen LogP) is 14.8. The fraction of sp³-hybridized carbons (Fsp3) is 0.154. The first-order valence-corrected chi connectivity index (χ1v) is 18.7. The molecule has 7 aromatic rings. The van der Waals surface area contributed by atoms with Gasteiger partial charge in [-0.15, -0.1) is 0 Å². The minimum atomic E-state index is -0.0992. The summed E-state index contributed by atoms with van der Waals surface area (Å²) in [5, 5.41) is 5.21. The Hall–Kier alpha value is -5.92. The van der Waals surface area contributed by atoms with Gasteiger partial charge in [-0.05, 0) is 160 Å². The van der Waals surface area contributed by atoms with Gasteiger partial charge in [0.2, 0.25) is 0 Å². The number of anilines is 3. The van der Waals surface area contributed by atoms with Crippen LogP contribution in [0.1, 0.15) is 54.2 Å². The lowest BCUT2D eigenvalue weighted by Gasteiger charge is -2.29. The van der Waals surface area contributed by atoms with Crippen molar-refractivity contribution in [1.82, 2.24) is 0 Å². The first-order valence-electron chi connectivity index (χ1n) is 18.7. The van der Waals surface area contributed by atoms with Crippen molar-refractivity contribution in [3.63, 3.8) is 0 Å². The molecule has 0 aromatic heterocycles. The molecule has 53 heavy (non-hydrogen) atoms. The molecule has 7 aromatic carbocycles. The van der Waals surface area contributed by atoms with Crippen molar-refractivity contribution < 1.29 is 0 Å². The number of nitrogens with zero attached hydrogens (tertiary/aromatic N) is 1. The molecule has 0 amide bonds. The van der Waals surface area contributed by atoms with Crippen LogP contribution in [0, 0.1) is 27.7 Å². The van der Waals surface area contributed by atoms with Gasteiger partial charge in [0.15, 0.2) is 0 Å². The Kier molecular flexibility index (Phi) is 8.54. The van der Waals surface area contributed by atoms with Crippen LogP contribution < -0.4 is 4.90 Å². The lowest BCUT2D eigenvalue weighted by molar-refractivity contribution is 0.639. The van der Waals surface area contributed by atoms with Crippen LogP contribution in [0.5, 0.6) is 0 Å². The molecule has 1 aliphatic rings. The normalized spacial score (nSPS) is 13.6. The third kappa shape index (κ3) is 5.72. The Bertz CT molecular complexity index is 2640. The maximum atomic E-state index is 3.93. The minimum absolute atomic E-state index is 0.0992. The molecule has 0 radical (unpaired) electrons. The van der Waals surface area contributed by atoms with Gasteiger partial charge < -0.3 is 4.90 Å². The quantitative estimate of drug-likeness (QED) is 0.119. The van der Waals surface area contributed by atoms with Gasteiger partial charge in [0, 0.05) is 22.5 Å². The van der Waals surface area contributed by atoms with E-state index in [0.29, 0.717) is 0 Å². The lowest BCUT2D eigenvalue weighted by atomic mass is 9.82. The Morgan fingerprint density at radius 3 is 1.87 bits per heavy atom. The summed E-state index contributed by atoms with van der Waals surface area (Å²) >= 11 is 0. The van der Waals surface area contributed by atoms with Crippen LogP contribution in [-0.4, -0.2) is 0 Å². The zero-order valence-corrected chi connectivity index (χ0v) is 32.0. The van der Waals surface area contributed by atoms with E-state index in [9.17, 15) is 0 Å². The molecule has 0 saturated heterocycles. The zero-order chi connectivity index (χ0) is 37.0. The van der Waals surface area contributed by atoms with Crippen molar-refractivity contribution in [3.05, 3.63) is 191 Å². The average molecular weight is 686 g/mol. The molecule has 8 rings (SSSR count). The van der Waals surface area contributed by atoms with Crippen molar-refractivity contribution >= 4 is 44.2 Å². The number of benzene rings is 7. The highest BCUT2D eigenvalue weighted by atomic mass is 15.1. The first-order chi connectivity index (χ1) is 25.6. The van der Waals surface area contributed by atoms with Crippen molar-refractivity contribution in [1.29, 1.82) is 0 Å². The van der Waals surface area contributed by atoms with Crippen LogP contribution in [0.2, 0.25) is 0 Å². The van der Waals surface area contributed by atoms with Crippen LogP contribution in [-0.2, 0) is 5.41 Å². The number of aryl methyl sites for hydroxylation is 4. The summed E-state index contributed by atoms with van der Waals surface area (Å²) in [5.74, 6) is 0. The van der Waals surface area contributed by atoms with E-state index in [1.807, 2.05) is 12.2 Å². The van der Waals surface area contributed by atoms with Crippen LogP contribution in [0.25, 0.3) is 49.4 Å². The number of allylic oxidation sites excluding steroid dienone is 5. The standard InChI is InChI=1S/C52H47N/c1-9-10-16-45-37(6)52(7,8)51-32-42(27-29-48(45)51)53(41-26-28-47-46-19-14-13-18-44(46)35(4)36(5)50(47)31-41)40-24-22-38(23-25-40)39-21-20-34(3)49(30-39)43-17-12-11-15-33(43)2/h9-32H,1H2,2-8H3/b16-10-. The molecule has 0 saturated carbocycles. The van der Waals surface area contributed by atoms with E-state index in [0.717, 1.165) is 17.1 Å². The highest BCUT2D eigenvalue weighted by Crippen LogP contribution is 2.49. The monoisotopic (exact) mass is 685 g/mol. The smallest absolute Gasteiger partial charge is 0.0468 e. The molecule has 0 spiro atoms. The zero-order valence-electron chi connectivity index (χ0n) is 32.0. The number of rotatable bonds is 7. The van der Waals surface area contributed by atoms with Crippen molar-refractivity contribution in [2.75, 3.05) is 4.90 Å². The van der Waals surface area contributed by atoms with Crippen LogP contribution in [0.15, 0.2) is 158 Å². The van der Waals surface area contributed by atoms with E-state index < -0.39 is 0 Å². The van der Waals surface area contributed by atoms with Gasteiger partial charge >= 0.3 is 0 Å². The van der Waals surface area contributed by atoms with E-state index in [4.69, 9.17) is 0 Å². The van der Waals surface area contributed by atoms with Crippen LogP contribution in [0.3, 0.4) is 0 Å². The van der Waals surface area contributed by atoms with Crippen molar-refractivity contribution in [3.8, 4) is 22.3 Å². The second-order valence-corrected chi connectivity index (χ2v) is 15.2. The average Bonchev–Trinajstić information content (AvgIpc) is 3.36. The highest BCUT2D eigenvalue weighted by molar-refractivity contribution is 6.11. The van der Waals surface area contributed by atoms with Gasteiger partial charge in [-0.2, -0.15) is 0 Å². The van der Waals surface area contributed by atoms with E-state index in [1.165, 1.54) is 88.3 Å². The summed E-state index contributed by atoms with van der Waals surface area (Å²) in [5.41, 5.74) is 18.9. The third-order valence-corrected chi connectivity index (χ3v) is 11.9. The molecule has 0 bridgehead atoms. The molecule has 1 heteroatoms. The molecule has 1 nitrogen and oxygen atoms in total. The number of fused-ring (bicyclic) bond motifs is 4. The van der Waals surface area contributed by atoms with E-state index in [1.54, 1.807) is 0 Å².